The van der Waals surface area contributed by atoms with Crippen molar-refractivity contribution in [2.45, 2.75) is 6.61 Å². The second-order valence-electron chi connectivity index (χ2n) is 3.64. The molecule has 92 valence electrons. The van der Waals surface area contributed by atoms with Crippen LogP contribution < -0.4 is 10.5 Å². The van der Waals surface area contributed by atoms with Gasteiger partial charge in [0, 0.05) is 10.7 Å². The number of carbonyl (C=O) groups excluding carboxylic acids is 1. The van der Waals surface area contributed by atoms with Crippen LogP contribution in [0.5, 0.6) is 5.75 Å². The number of hydrogen-bond donors (Lipinski definition) is 1. The first kappa shape index (κ1) is 12.6. The SMILES string of the molecule is NC(=O)c1ncc(Br)cc1OCc1ccccc1. The summed E-state index contributed by atoms with van der Waals surface area (Å²) in [7, 11) is 0. The van der Waals surface area contributed by atoms with E-state index in [1.54, 1.807) is 6.07 Å². The number of carbonyl (C=O) groups is 1. The van der Waals surface area contributed by atoms with E-state index in [0.717, 1.165) is 10.0 Å². The summed E-state index contributed by atoms with van der Waals surface area (Å²) in [5.74, 6) is -0.230. The summed E-state index contributed by atoms with van der Waals surface area (Å²) in [6, 6.07) is 11.3. The Hall–Kier alpha value is -1.88. The Morgan fingerprint density at radius 1 is 1.33 bits per heavy atom. The van der Waals surface area contributed by atoms with E-state index in [1.807, 2.05) is 30.3 Å². The van der Waals surface area contributed by atoms with Gasteiger partial charge in [0.1, 0.15) is 6.61 Å². The van der Waals surface area contributed by atoms with Gasteiger partial charge in [0.2, 0.25) is 0 Å². The molecule has 1 aromatic carbocycles. The third-order valence-electron chi connectivity index (χ3n) is 2.29. The molecule has 0 aliphatic rings. The quantitative estimate of drug-likeness (QED) is 0.944. The Kier molecular flexibility index (Phi) is 3.94. The van der Waals surface area contributed by atoms with Crippen LogP contribution in [0.25, 0.3) is 0 Å². The molecule has 18 heavy (non-hydrogen) atoms. The Bertz CT molecular complexity index is 558. The fourth-order valence-corrected chi connectivity index (χ4v) is 1.76. The molecule has 4 nitrogen and oxygen atoms in total. The smallest absolute Gasteiger partial charge is 0.271 e. The normalized spacial score (nSPS) is 10.1. The number of hydrogen-bond acceptors (Lipinski definition) is 3. The van der Waals surface area contributed by atoms with Gasteiger partial charge >= 0.3 is 0 Å². The lowest BCUT2D eigenvalue weighted by Gasteiger charge is -2.09. The van der Waals surface area contributed by atoms with Gasteiger partial charge in [-0.05, 0) is 27.6 Å². The zero-order valence-electron chi connectivity index (χ0n) is 9.47. The summed E-state index contributed by atoms with van der Waals surface area (Å²) in [6.45, 7) is 0.360. The molecular formula is C13H11BrN2O2. The molecule has 0 saturated heterocycles. The minimum Gasteiger partial charge on any atom is -0.486 e. The predicted molar refractivity (Wildman–Crippen MR) is 71.2 cm³/mol. The molecule has 2 rings (SSSR count). The lowest BCUT2D eigenvalue weighted by Crippen LogP contribution is -2.15. The molecule has 1 aromatic heterocycles. The molecule has 1 heterocycles. The summed E-state index contributed by atoms with van der Waals surface area (Å²) >= 11 is 3.28. The van der Waals surface area contributed by atoms with Gasteiger partial charge in [-0.1, -0.05) is 30.3 Å². The van der Waals surface area contributed by atoms with Crippen molar-refractivity contribution in [3.05, 3.63) is 58.3 Å². The first-order valence-corrected chi connectivity index (χ1v) is 6.08. The van der Waals surface area contributed by atoms with E-state index in [-0.39, 0.29) is 5.69 Å². The summed E-state index contributed by atoms with van der Waals surface area (Å²) in [4.78, 5) is 15.2. The number of rotatable bonds is 4. The molecule has 0 atom stereocenters. The van der Waals surface area contributed by atoms with Crippen LogP contribution in [0.15, 0.2) is 47.1 Å². The lowest BCUT2D eigenvalue weighted by atomic mass is 10.2. The Labute approximate surface area is 113 Å². The number of halogens is 1. The largest absolute Gasteiger partial charge is 0.486 e. The van der Waals surface area contributed by atoms with E-state index < -0.39 is 5.91 Å². The highest BCUT2D eigenvalue weighted by Gasteiger charge is 2.11. The van der Waals surface area contributed by atoms with Crippen LogP contribution in [0.3, 0.4) is 0 Å². The highest BCUT2D eigenvalue weighted by Crippen LogP contribution is 2.22. The maximum absolute atomic E-state index is 11.2. The topological polar surface area (TPSA) is 65.2 Å². The molecule has 0 radical (unpaired) electrons. The van der Waals surface area contributed by atoms with Gasteiger partial charge < -0.3 is 10.5 Å². The van der Waals surface area contributed by atoms with Crippen molar-refractivity contribution < 1.29 is 9.53 Å². The maximum atomic E-state index is 11.2. The fraction of sp³-hybridized carbons (Fsp3) is 0.0769. The molecule has 1 amide bonds. The highest BCUT2D eigenvalue weighted by molar-refractivity contribution is 9.10. The second-order valence-corrected chi connectivity index (χ2v) is 4.55. The van der Waals surface area contributed by atoms with Gasteiger partial charge in [-0.15, -0.1) is 0 Å². The number of nitrogens with zero attached hydrogens (tertiary/aromatic N) is 1. The van der Waals surface area contributed by atoms with E-state index >= 15 is 0 Å². The van der Waals surface area contributed by atoms with Gasteiger partial charge in [-0.25, -0.2) is 4.98 Å². The number of pyridine rings is 1. The summed E-state index contributed by atoms with van der Waals surface area (Å²) < 4.78 is 6.30. The molecule has 0 aliphatic carbocycles. The number of amides is 1. The van der Waals surface area contributed by atoms with Gasteiger partial charge in [0.15, 0.2) is 11.4 Å². The number of primary amides is 1. The number of ether oxygens (including phenoxy) is 1. The molecule has 0 spiro atoms. The van der Waals surface area contributed by atoms with Crippen LogP contribution in [0, 0.1) is 0 Å². The minimum absolute atomic E-state index is 0.133. The second kappa shape index (κ2) is 5.64. The predicted octanol–water partition coefficient (Wildman–Crippen LogP) is 2.52. The van der Waals surface area contributed by atoms with Crippen molar-refractivity contribution in [2.24, 2.45) is 5.73 Å². The average molecular weight is 307 g/mol. The van der Waals surface area contributed by atoms with E-state index in [2.05, 4.69) is 20.9 Å². The molecule has 0 saturated carbocycles. The lowest BCUT2D eigenvalue weighted by molar-refractivity contribution is 0.0990. The third-order valence-corrected chi connectivity index (χ3v) is 2.72. The summed E-state index contributed by atoms with van der Waals surface area (Å²) in [5, 5.41) is 0. The number of benzene rings is 1. The Balaban J connectivity index is 2.18. The van der Waals surface area contributed by atoms with Gasteiger partial charge in [-0.3, -0.25) is 4.79 Å². The van der Waals surface area contributed by atoms with Crippen molar-refractivity contribution in [3.8, 4) is 5.75 Å². The van der Waals surface area contributed by atoms with Crippen molar-refractivity contribution in [1.82, 2.24) is 4.98 Å². The van der Waals surface area contributed by atoms with Crippen LogP contribution in [0.2, 0.25) is 0 Å². The average Bonchev–Trinajstić information content (AvgIpc) is 2.37. The maximum Gasteiger partial charge on any atom is 0.271 e. The molecular weight excluding hydrogens is 296 g/mol. The van der Waals surface area contributed by atoms with E-state index in [0.29, 0.717) is 12.4 Å². The molecule has 0 fully saturated rings. The molecule has 0 unspecified atom stereocenters. The van der Waals surface area contributed by atoms with Crippen LogP contribution in [-0.2, 0) is 6.61 Å². The first-order valence-electron chi connectivity index (χ1n) is 5.29. The van der Waals surface area contributed by atoms with Crippen molar-refractivity contribution in [3.63, 3.8) is 0 Å². The van der Waals surface area contributed by atoms with Crippen molar-refractivity contribution in [1.29, 1.82) is 0 Å². The van der Waals surface area contributed by atoms with Gasteiger partial charge in [-0.2, -0.15) is 0 Å². The van der Waals surface area contributed by atoms with Crippen LogP contribution in [0.1, 0.15) is 16.1 Å². The molecule has 0 bridgehead atoms. The van der Waals surface area contributed by atoms with Crippen molar-refractivity contribution in [2.75, 3.05) is 0 Å². The highest BCUT2D eigenvalue weighted by atomic mass is 79.9. The van der Waals surface area contributed by atoms with Crippen LogP contribution >= 0.6 is 15.9 Å². The standard InChI is InChI=1S/C13H11BrN2O2/c14-10-6-11(12(13(15)17)16-7-10)18-8-9-4-2-1-3-5-9/h1-7H,8H2,(H2,15,17). The van der Waals surface area contributed by atoms with Gasteiger partial charge in [0.25, 0.3) is 5.91 Å². The number of nitrogens with two attached hydrogens (primary N) is 1. The monoisotopic (exact) mass is 306 g/mol. The molecule has 0 aliphatic heterocycles. The number of aromatic nitrogens is 1. The molecule has 5 heteroatoms. The Morgan fingerprint density at radius 3 is 2.72 bits per heavy atom. The zero-order chi connectivity index (χ0) is 13.0. The fourth-order valence-electron chi connectivity index (χ4n) is 1.45. The Morgan fingerprint density at radius 2 is 2.06 bits per heavy atom. The van der Waals surface area contributed by atoms with Crippen LogP contribution in [-0.4, -0.2) is 10.9 Å². The molecule has 2 N–H and O–H groups in total. The first-order chi connectivity index (χ1) is 8.66. The minimum atomic E-state index is -0.606. The van der Waals surface area contributed by atoms with Crippen LogP contribution in [0.4, 0.5) is 0 Å². The van der Waals surface area contributed by atoms with Crippen molar-refractivity contribution >= 4 is 21.8 Å². The molecule has 2 aromatic rings. The van der Waals surface area contributed by atoms with E-state index in [4.69, 9.17) is 10.5 Å². The zero-order valence-corrected chi connectivity index (χ0v) is 11.1. The van der Waals surface area contributed by atoms with Gasteiger partial charge in [0.05, 0.1) is 0 Å². The van der Waals surface area contributed by atoms with E-state index in [1.165, 1.54) is 6.20 Å². The van der Waals surface area contributed by atoms with E-state index in [9.17, 15) is 4.79 Å². The third kappa shape index (κ3) is 3.07. The summed E-state index contributed by atoms with van der Waals surface area (Å²) in [5.41, 5.74) is 6.38. The summed E-state index contributed by atoms with van der Waals surface area (Å²) in [6.07, 6.45) is 1.51.